The molecule has 0 radical (unpaired) electrons. The van der Waals surface area contributed by atoms with Crippen molar-refractivity contribution in [2.24, 2.45) is 16.7 Å². The Hall–Kier alpha value is -0.830. The van der Waals surface area contributed by atoms with Crippen LogP contribution in [0.3, 0.4) is 0 Å². The predicted molar refractivity (Wildman–Crippen MR) is 68.7 cm³/mol. The summed E-state index contributed by atoms with van der Waals surface area (Å²) in [5.41, 5.74) is 1.62. The first kappa shape index (κ1) is 12.6. The second kappa shape index (κ2) is 3.84. The Morgan fingerprint density at radius 1 is 1.35 bits per heavy atom. The fourth-order valence-corrected chi connectivity index (χ4v) is 3.25. The number of aliphatic hydroxyl groups is 1. The second-order valence-electron chi connectivity index (χ2n) is 6.40. The molecule has 1 N–H and O–H groups in total. The highest BCUT2D eigenvalue weighted by Crippen LogP contribution is 2.69. The van der Waals surface area contributed by atoms with Gasteiger partial charge in [-0.2, -0.15) is 5.10 Å². The minimum atomic E-state index is -0.255. The van der Waals surface area contributed by atoms with Gasteiger partial charge in [-0.3, -0.25) is 4.68 Å². The molecule has 0 saturated heterocycles. The third kappa shape index (κ3) is 1.90. The van der Waals surface area contributed by atoms with Crippen LogP contribution >= 0.6 is 0 Å². The molecule has 2 rings (SSSR count). The van der Waals surface area contributed by atoms with Crippen molar-refractivity contribution in [2.45, 2.75) is 53.7 Å². The number of aryl methyl sites for hydroxylation is 1. The van der Waals surface area contributed by atoms with Gasteiger partial charge in [0.15, 0.2) is 0 Å². The van der Waals surface area contributed by atoms with Crippen molar-refractivity contribution < 1.29 is 5.11 Å². The molecule has 3 nitrogen and oxygen atoms in total. The minimum Gasteiger partial charge on any atom is -0.392 e. The van der Waals surface area contributed by atoms with Gasteiger partial charge in [0.2, 0.25) is 0 Å². The van der Waals surface area contributed by atoms with Gasteiger partial charge in [-0.25, -0.2) is 0 Å². The Labute approximate surface area is 104 Å². The third-order valence-corrected chi connectivity index (χ3v) is 4.97. The Kier molecular flexibility index (Phi) is 2.85. The summed E-state index contributed by atoms with van der Waals surface area (Å²) in [4.78, 5) is 0. The van der Waals surface area contributed by atoms with Gasteiger partial charge in [0.05, 0.1) is 12.3 Å². The predicted octanol–water partition coefficient (Wildman–Crippen LogP) is 2.49. The van der Waals surface area contributed by atoms with Crippen LogP contribution in [-0.4, -0.2) is 21.0 Å². The molecule has 17 heavy (non-hydrogen) atoms. The first-order valence-corrected chi connectivity index (χ1v) is 6.50. The second-order valence-corrected chi connectivity index (χ2v) is 6.40. The molecule has 1 aliphatic rings. The third-order valence-electron chi connectivity index (χ3n) is 4.97. The summed E-state index contributed by atoms with van der Waals surface area (Å²) in [6.07, 6.45) is 4.37. The maximum Gasteiger partial charge on any atom is 0.0620 e. The van der Waals surface area contributed by atoms with Crippen molar-refractivity contribution in [1.82, 2.24) is 9.78 Å². The highest BCUT2D eigenvalue weighted by atomic mass is 16.3. The van der Waals surface area contributed by atoms with E-state index in [0.717, 1.165) is 18.5 Å². The van der Waals surface area contributed by atoms with Crippen LogP contribution in [0.15, 0.2) is 12.4 Å². The standard InChI is InChI=1S/C14H24N2O/c1-6-16-9-10(8-15-16)7-11(17)12-13(2,3)14(12,4)5/h8-9,11-12,17H,6-7H2,1-5H3. The van der Waals surface area contributed by atoms with E-state index < -0.39 is 0 Å². The fourth-order valence-electron chi connectivity index (χ4n) is 3.25. The van der Waals surface area contributed by atoms with Gasteiger partial charge < -0.3 is 5.11 Å². The molecule has 3 heteroatoms. The van der Waals surface area contributed by atoms with E-state index in [9.17, 15) is 5.11 Å². The molecule has 0 aliphatic heterocycles. The number of hydrogen-bond acceptors (Lipinski definition) is 2. The van der Waals surface area contributed by atoms with Gasteiger partial charge in [-0.15, -0.1) is 0 Å². The van der Waals surface area contributed by atoms with Gasteiger partial charge in [0.25, 0.3) is 0 Å². The molecule has 0 bridgehead atoms. The van der Waals surface area contributed by atoms with Gasteiger partial charge in [-0.05, 0) is 29.2 Å². The van der Waals surface area contributed by atoms with Crippen molar-refractivity contribution in [3.63, 3.8) is 0 Å². The maximum absolute atomic E-state index is 10.4. The van der Waals surface area contributed by atoms with Crippen molar-refractivity contribution in [1.29, 1.82) is 0 Å². The molecular weight excluding hydrogens is 212 g/mol. The molecule has 1 aromatic rings. The Balaban J connectivity index is 2.01. The average Bonchev–Trinajstić information content (AvgIpc) is 2.57. The van der Waals surface area contributed by atoms with Crippen molar-refractivity contribution >= 4 is 0 Å². The van der Waals surface area contributed by atoms with Crippen molar-refractivity contribution in [3.05, 3.63) is 18.0 Å². The molecule has 1 aliphatic carbocycles. The number of hydrogen-bond donors (Lipinski definition) is 1. The average molecular weight is 236 g/mol. The van der Waals surface area contributed by atoms with E-state index in [4.69, 9.17) is 0 Å². The summed E-state index contributed by atoms with van der Waals surface area (Å²) in [7, 11) is 0. The minimum absolute atomic E-state index is 0.243. The molecule has 1 atom stereocenters. The molecule has 96 valence electrons. The van der Waals surface area contributed by atoms with E-state index in [1.807, 2.05) is 17.1 Å². The molecule has 1 saturated carbocycles. The fraction of sp³-hybridized carbons (Fsp3) is 0.786. The van der Waals surface area contributed by atoms with Gasteiger partial charge in [-0.1, -0.05) is 27.7 Å². The zero-order chi connectivity index (χ0) is 12.8. The van der Waals surface area contributed by atoms with E-state index >= 15 is 0 Å². The van der Waals surface area contributed by atoms with Crippen LogP contribution in [0.25, 0.3) is 0 Å². The summed E-state index contributed by atoms with van der Waals surface area (Å²) in [6.45, 7) is 11.9. The molecule has 0 amide bonds. The molecule has 0 aromatic carbocycles. The molecular formula is C14H24N2O. The molecule has 1 heterocycles. The first-order valence-electron chi connectivity index (χ1n) is 6.50. The smallest absolute Gasteiger partial charge is 0.0620 e. The molecule has 0 spiro atoms. The lowest BCUT2D eigenvalue weighted by atomic mass is 10.0. The first-order chi connectivity index (χ1) is 7.80. The summed E-state index contributed by atoms with van der Waals surface area (Å²) in [5.74, 6) is 0.389. The lowest BCUT2D eigenvalue weighted by Gasteiger charge is -2.11. The van der Waals surface area contributed by atoms with Crippen LogP contribution in [0, 0.1) is 16.7 Å². The van der Waals surface area contributed by atoms with Crippen molar-refractivity contribution in [3.8, 4) is 0 Å². The monoisotopic (exact) mass is 236 g/mol. The van der Waals surface area contributed by atoms with E-state index in [1.165, 1.54) is 0 Å². The Bertz CT molecular complexity index is 392. The SMILES string of the molecule is CCn1cc(CC(O)C2C(C)(C)C2(C)C)cn1. The number of aliphatic hydroxyl groups excluding tert-OH is 1. The molecule has 1 fully saturated rings. The van der Waals surface area contributed by atoms with Crippen LogP contribution < -0.4 is 0 Å². The highest BCUT2D eigenvalue weighted by molar-refractivity contribution is 5.17. The van der Waals surface area contributed by atoms with Crippen molar-refractivity contribution in [2.75, 3.05) is 0 Å². The number of nitrogens with zero attached hydrogens (tertiary/aromatic N) is 2. The summed E-state index contributed by atoms with van der Waals surface area (Å²) >= 11 is 0. The Morgan fingerprint density at radius 3 is 2.35 bits per heavy atom. The van der Waals surface area contributed by atoms with Gasteiger partial charge in [0, 0.05) is 19.2 Å². The highest BCUT2D eigenvalue weighted by Gasteiger charge is 2.66. The van der Waals surface area contributed by atoms with Crippen LogP contribution in [0.2, 0.25) is 0 Å². The van der Waals surface area contributed by atoms with Crippen LogP contribution in [0.1, 0.15) is 40.2 Å². The quantitative estimate of drug-likeness (QED) is 0.872. The van der Waals surface area contributed by atoms with Crippen LogP contribution in [0.5, 0.6) is 0 Å². The maximum atomic E-state index is 10.4. The summed E-state index contributed by atoms with van der Waals surface area (Å²) < 4.78 is 1.91. The summed E-state index contributed by atoms with van der Waals surface area (Å²) in [5, 5.41) is 14.6. The zero-order valence-corrected chi connectivity index (χ0v) is 11.6. The van der Waals surface area contributed by atoms with E-state index in [-0.39, 0.29) is 16.9 Å². The Morgan fingerprint density at radius 2 is 1.94 bits per heavy atom. The zero-order valence-electron chi connectivity index (χ0n) is 11.6. The lowest BCUT2D eigenvalue weighted by Crippen LogP contribution is -2.17. The van der Waals surface area contributed by atoms with Crippen LogP contribution in [-0.2, 0) is 13.0 Å². The van der Waals surface area contributed by atoms with Gasteiger partial charge in [0.1, 0.15) is 0 Å². The lowest BCUT2D eigenvalue weighted by molar-refractivity contribution is 0.129. The summed E-state index contributed by atoms with van der Waals surface area (Å²) in [6, 6.07) is 0. The normalized spacial score (nSPS) is 23.6. The molecule has 1 unspecified atom stereocenters. The van der Waals surface area contributed by atoms with E-state index in [2.05, 4.69) is 39.7 Å². The largest absolute Gasteiger partial charge is 0.392 e. The van der Waals surface area contributed by atoms with E-state index in [0.29, 0.717) is 5.92 Å². The van der Waals surface area contributed by atoms with Gasteiger partial charge >= 0.3 is 0 Å². The van der Waals surface area contributed by atoms with E-state index in [1.54, 1.807) is 0 Å². The van der Waals surface area contributed by atoms with Crippen LogP contribution in [0.4, 0.5) is 0 Å². The molecule has 1 aromatic heterocycles. The number of aromatic nitrogens is 2. The number of rotatable bonds is 4. The topological polar surface area (TPSA) is 38.0 Å².